The summed E-state index contributed by atoms with van der Waals surface area (Å²) in [6.45, 7) is 0.0183. The molecule has 0 aliphatic carbocycles. The first-order valence-corrected chi connectivity index (χ1v) is 8.30. The summed E-state index contributed by atoms with van der Waals surface area (Å²) in [5.41, 5.74) is 2.11. The Balaban J connectivity index is 1.98. The summed E-state index contributed by atoms with van der Waals surface area (Å²) in [5, 5.41) is 1.09. The Bertz CT molecular complexity index is 685. The Morgan fingerprint density at radius 1 is 1.14 bits per heavy atom. The quantitative estimate of drug-likeness (QED) is 0.760. The summed E-state index contributed by atoms with van der Waals surface area (Å²) in [6, 6.07) is 7.83. The summed E-state index contributed by atoms with van der Waals surface area (Å²) in [4.78, 5) is 4.78. The fraction of sp³-hybridized carbons (Fsp3) is 0.429. The second-order valence-electron chi connectivity index (χ2n) is 4.88. The number of hydrogen-bond donors (Lipinski definition) is 1. The third-order valence-electron chi connectivity index (χ3n) is 3.42. The van der Waals surface area contributed by atoms with Crippen LogP contribution < -0.4 is 0 Å². The molecule has 7 heteroatoms. The number of aromatic amines is 1. The molecule has 2 aromatic rings. The zero-order valence-corrected chi connectivity index (χ0v) is 12.4. The Labute approximate surface area is 123 Å². The molecule has 0 amide bonds. The van der Waals surface area contributed by atoms with Gasteiger partial charge in [0.25, 0.3) is 0 Å². The molecular weight excluding hydrogens is 298 g/mol. The van der Waals surface area contributed by atoms with Crippen LogP contribution in [0.15, 0.2) is 30.5 Å². The van der Waals surface area contributed by atoms with Crippen LogP contribution in [0.1, 0.15) is 5.56 Å². The highest BCUT2D eigenvalue weighted by Crippen LogP contribution is 2.18. The van der Waals surface area contributed by atoms with E-state index in [2.05, 4.69) is 4.98 Å². The van der Waals surface area contributed by atoms with Crippen LogP contribution in [0, 0.1) is 0 Å². The van der Waals surface area contributed by atoms with Gasteiger partial charge in [0.05, 0.1) is 5.75 Å². The van der Waals surface area contributed by atoms with Crippen LogP contribution in [0.4, 0.5) is 8.28 Å². The molecule has 0 radical (unpaired) electrons. The second-order valence-corrected chi connectivity index (χ2v) is 6.37. The highest BCUT2D eigenvalue weighted by atomic mass is 32.3. The zero-order valence-electron chi connectivity index (χ0n) is 11.6. The number of rotatable bonds is 8. The molecule has 0 atom stereocenters. The SMILES string of the molecule is O=S(=O)(F)CCN(CCF)CCc1c[nH]c2ccccc12. The number of alkyl halides is 1. The van der Waals surface area contributed by atoms with Crippen molar-refractivity contribution in [3.8, 4) is 0 Å². The smallest absolute Gasteiger partial charge is 0.303 e. The molecule has 0 aliphatic rings. The van der Waals surface area contributed by atoms with E-state index in [0.29, 0.717) is 13.0 Å². The lowest BCUT2D eigenvalue weighted by molar-refractivity contribution is 0.262. The zero-order chi connectivity index (χ0) is 15.3. The van der Waals surface area contributed by atoms with Gasteiger partial charge in [-0.15, -0.1) is 3.89 Å². The second kappa shape index (κ2) is 7.00. The highest BCUT2D eigenvalue weighted by Gasteiger charge is 2.13. The first-order valence-electron chi connectivity index (χ1n) is 6.75. The summed E-state index contributed by atoms with van der Waals surface area (Å²) >= 11 is 0. The van der Waals surface area contributed by atoms with Crippen molar-refractivity contribution >= 4 is 21.1 Å². The predicted octanol–water partition coefficient (Wildman–Crippen LogP) is 2.28. The summed E-state index contributed by atoms with van der Waals surface area (Å²) < 4.78 is 46.2. The van der Waals surface area contributed by atoms with Gasteiger partial charge in [-0.2, -0.15) is 8.42 Å². The first-order chi connectivity index (χ1) is 9.99. The molecule has 0 saturated heterocycles. The minimum atomic E-state index is -4.51. The van der Waals surface area contributed by atoms with Gasteiger partial charge in [-0.3, -0.25) is 4.90 Å². The number of hydrogen-bond acceptors (Lipinski definition) is 3. The van der Waals surface area contributed by atoms with E-state index in [1.807, 2.05) is 30.5 Å². The van der Waals surface area contributed by atoms with E-state index in [0.717, 1.165) is 16.5 Å². The number of benzene rings is 1. The molecule has 21 heavy (non-hydrogen) atoms. The van der Waals surface area contributed by atoms with Crippen LogP contribution in [-0.4, -0.2) is 50.4 Å². The maximum Gasteiger partial charge on any atom is 0.303 e. The number of para-hydroxylation sites is 1. The predicted molar refractivity (Wildman–Crippen MR) is 79.3 cm³/mol. The number of fused-ring (bicyclic) bond motifs is 1. The van der Waals surface area contributed by atoms with Crippen molar-refractivity contribution in [2.24, 2.45) is 0 Å². The van der Waals surface area contributed by atoms with Gasteiger partial charge in [0.15, 0.2) is 0 Å². The molecule has 0 spiro atoms. The highest BCUT2D eigenvalue weighted by molar-refractivity contribution is 7.86. The van der Waals surface area contributed by atoms with Gasteiger partial charge in [-0.05, 0) is 18.1 Å². The van der Waals surface area contributed by atoms with Crippen molar-refractivity contribution in [2.45, 2.75) is 6.42 Å². The summed E-state index contributed by atoms with van der Waals surface area (Å²) in [5.74, 6) is -0.596. The molecule has 0 saturated carbocycles. The number of aromatic nitrogens is 1. The van der Waals surface area contributed by atoms with Gasteiger partial charge < -0.3 is 4.98 Å². The molecule has 1 aromatic heterocycles. The molecule has 1 aromatic carbocycles. The normalized spacial score (nSPS) is 12.3. The van der Waals surface area contributed by atoms with E-state index in [1.54, 1.807) is 4.90 Å². The van der Waals surface area contributed by atoms with Crippen molar-refractivity contribution in [3.05, 3.63) is 36.0 Å². The average Bonchev–Trinajstić information content (AvgIpc) is 2.84. The number of H-pyrrole nitrogens is 1. The Kier molecular flexibility index (Phi) is 5.30. The maximum absolute atomic E-state index is 12.6. The van der Waals surface area contributed by atoms with Crippen LogP contribution in [-0.2, 0) is 16.6 Å². The lowest BCUT2D eigenvalue weighted by Crippen LogP contribution is -2.32. The van der Waals surface area contributed by atoms with Crippen LogP contribution in [0.5, 0.6) is 0 Å². The van der Waals surface area contributed by atoms with E-state index >= 15 is 0 Å². The Morgan fingerprint density at radius 3 is 2.62 bits per heavy atom. The van der Waals surface area contributed by atoms with Crippen LogP contribution in [0.2, 0.25) is 0 Å². The van der Waals surface area contributed by atoms with Crippen molar-refractivity contribution in [1.82, 2.24) is 9.88 Å². The van der Waals surface area contributed by atoms with E-state index in [4.69, 9.17) is 0 Å². The third kappa shape index (κ3) is 4.78. The van der Waals surface area contributed by atoms with Crippen molar-refractivity contribution < 1.29 is 16.7 Å². The van der Waals surface area contributed by atoms with E-state index in [1.165, 1.54) is 0 Å². The molecular formula is C14H18F2N2O2S. The van der Waals surface area contributed by atoms with Crippen molar-refractivity contribution in [3.63, 3.8) is 0 Å². The number of nitrogens with zero attached hydrogens (tertiary/aromatic N) is 1. The molecule has 2 rings (SSSR count). The summed E-state index contributed by atoms with van der Waals surface area (Å²) in [7, 11) is -4.51. The van der Waals surface area contributed by atoms with Gasteiger partial charge in [-0.1, -0.05) is 18.2 Å². The Hall–Kier alpha value is -1.47. The van der Waals surface area contributed by atoms with Gasteiger partial charge in [0.2, 0.25) is 0 Å². The van der Waals surface area contributed by atoms with Crippen LogP contribution in [0.3, 0.4) is 0 Å². The molecule has 0 aliphatic heterocycles. The topological polar surface area (TPSA) is 53.2 Å². The number of nitrogens with one attached hydrogen (secondary N) is 1. The molecule has 4 nitrogen and oxygen atoms in total. The molecule has 0 bridgehead atoms. The van der Waals surface area contributed by atoms with Gasteiger partial charge in [0, 0.05) is 36.7 Å². The van der Waals surface area contributed by atoms with Crippen molar-refractivity contribution in [2.75, 3.05) is 32.1 Å². The molecule has 0 unspecified atom stereocenters. The molecule has 1 heterocycles. The maximum atomic E-state index is 12.6. The molecule has 1 N–H and O–H groups in total. The fourth-order valence-corrected chi connectivity index (χ4v) is 2.79. The monoisotopic (exact) mass is 316 g/mol. The minimum absolute atomic E-state index is 0.00507. The standard InChI is InChI=1S/C14H18F2N2O2S/c15-6-8-18(9-10-21(16,19)20)7-5-12-11-17-14-4-2-1-3-13(12)14/h1-4,11,17H,5-10H2. The van der Waals surface area contributed by atoms with E-state index in [9.17, 15) is 16.7 Å². The van der Waals surface area contributed by atoms with Crippen LogP contribution in [0.25, 0.3) is 10.9 Å². The largest absolute Gasteiger partial charge is 0.361 e. The van der Waals surface area contributed by atoms with Crippen LogP contribution >= 0.6 is 0 Å². The van der Waals surface area contributed by atoms with Gasteiger partial charge in [0.1, 0.15) is 6.67 Å². The first kappa shape index (κ1) is 15.9. The number of halogens is 2. The van der Waals surface area contributed by atoms with Crippen molar-refractivity contribution in [1.29, 1.82) is 0 Å². The van der Waals surface area contributed by atoms with E-state index < -0.39 is 22.7 Å². The lowest BCUT2D eigenvalue weighted by atomic mass is 10.1. The average molecular weight is 316 g/mol. The third-order valence-corrected chi connectivity index (χ3v) is 4.09. The molecule has 116 valence electrons. The van der Waals surface area contributed by atoms with E-state index in [-0.39, 0.29) is 13.1 Å². The van der Waals surface area contributed by atoms with Gasteiger partial charge >= 0.3 is 10.2 Å². The Morgan fingerprint density at radius 2 is 1.90 bits per heavy atom. The summed E-state index contributed by atoms with van der Waals surface area (Å²) in [6.07, 6.45) is 2.54. The van der Waals surface area contributed by atoms with Gasteiger partial charge in [-0.25, -0.2) is 4.39 Å². The minimum Gasteiger partial charge on any atom is -0.361 e. The lowest BCUT2D eigenvalue weighted by Gasteiger charge is -2.19. The molecule has 0 fully saturated rings. The fourth-order valence-electron chi connectivity index (χ4n) is 2.31.